The molecular weight excluding hydrogens is 472 g/mol. The van der Waals surface area contributed by atoms with Crippen molar-refractivity contribution in [1.82, 2.24) is 15.1 Å². The van der Waals surface area contributed by atoms with Gasteiger partial charge >= 0.3 is 6.03 Å². The highest BCUT2D eigenvalue weighted by Gasteiger charge is 2.46. The van der Waals surface area contributed by atoms with Crippen molar-refractivity contribution in [3.8, 4) is 24.2 Å². The van der Waals surface area contributed by atoms with E-state index < -0.39 is 11.8 Å². The highest BCUT2D eigenvalue weighted by Crippen LogP contribution is 2.37. The van der Waals surface area contributed by atoms with Crippen LogP contribution >= 0.6 is 35.3 Å². The number of urea groups is 1. The molecule has 1 saturated heterocycles. The van der Waals surface area contributed by atoms with Crippen molar-refractivity contribution in [2.45, 2.75) is 95.2 Å². The number of unbranched alkanes of at least 4 members (excludes halogenated alkanes) is 1. The molecule has 2 rings (SSSR count). The Balaban J connectivity index is 2.32. The zero-order chi connectivity index (χ0) is 24.3. The molecule has 0 saturated carbocycles. The van der Waals surface area contributed by atoms with Gasteiger partial charge in [0.1, 0.15) is 5.54 Å². The average molecular weight is 507 g/mol. The predicted octanol–water partition coefficient (Wildman–Crippen LogP) is 6.12. The normalized spacial score (nSPS) is 16.2. The van der Waals surface area contributed by atoms with Crippen LogP contribution in [0.25, 0.3) is 0 Å². The van der Waals surface area contributed by atoms with Crippen LogP contribution in [0.1, 0.15) is 79.1 Å². The van der Waals surface area contributed by atoms with Gasteiger partial charge in [-0.2, -0.15) is 0 Å². The first-order valence-electron chi connectivity index (χ1n) is 11.6. The summed E-state index contributed by atoms with van der Waals surface area (Å²) in [5.41, 5.74) is -0.616. The quantitative estimate of drug-likeness (QED) is 0.112. The fourth-order valence-electron chi connectivity index (χ4n) is 4.01. The van der Waals surface area contributed by atoms with Gasteiger partial charge in [0.25, 0.3) is 0 Å². The Morgan fingerprint density at radius 2 is 2.06 bits per heavy atom. The molecule has 180 valence electrons. The number of thiocarbonyl (C=S) groups is 1. The highest BCUT2D eigenvalue weighted by molar-refractivity contribution is 8.01. The van der Waals surface area contributed by atoms with E-state index in [1.807, 2.05) is 11.8 Å². The van der Waals surface area contributed by atoms with Crippen LogP contribution in [0.5, 0.6) is 0 Å². The SMILES string of the molecule is C#CC(CCC)(CCC)N1CCC(OC(=S)CCCC#CC)N(c2nnc(SCC)s2)C1=O. The molecule has 0 aromatic carbocycles. The first-order chi connectivity index (χ1) is 16.0. The van der Waals surface area contributed by atoms with Gasteiger partial charge in [0.15, 0.2) is 15.6 Å². The van der Waals surface area contributed by atoms with Gasteiger partial charge in [0.2, 0.25) is 5.13 Å². The molecule has 33 heavy (non-hydrogen) atoms. The molecule has 1 aliphatic heterocycles. The number of hydrogen-bond acceptors (Lipinski definition) is 7. The van der Waals surface area contributed by atoms with Gasteiger partial charge in [-0.05, 0) is 44.2 Å². The van der Waals surface area contributed by atoms with Crippen LogP contribution in [0.2, 0.25) is 0 Å². The lowest BCUT2D eigenvalue weighted by molar-refractivity contribution is 0.0767. The molecule has 0 bridgehead atoms. The van der Waals surface area contributed by atoms with Gasteiger partial charge in [-0.25, -0.2) is 9.69 Å². The minimum atomic E-state index is -0.616. The van der Waals surface area contributed by atoms with Crippen molar-refractivity contribution in [2.75, 3.05) is 17.2 Å². The molecule has 1 unspecified atom stereocenters. The van der Waals surface area contributed by atoms with Crippen molar-refractivity contribution in [2.24, 2.45) is 0 Å². The van der Waals surface area contributed by atoms with Crippen LogP contribution in [-0.2, 0) is 4.74 Å². The molecule has 0 N–H and O–H groups in total. The van der Waals surface area contributed by atoms with E-state index in [-0.39, 0.29) is 6.03 Å². The number of carbonyl (C=O) groups excluding carboxylic acids is 1. The molecule has 1 fully saturated rings. The second kappa shape index (κ2) is 13.8. The Kier molecular flexibility index (Phi) is 11.5. The van der Waals surface area contributed by atoms with E-state index in [9.17, 15) is 4.79 Å². The van der Waals surface area contributed by atoms with Crippen LogP contribution < -0.4 is 4.90 Å². The van der Waals surface area contributed by atoms with Crippen molar-refractivity contribution < 1.29 is 9.53 Å². The maximum absolute atomic E-state index is 13.9. The fraction of sp³-hybridized carbons (Fsp3) is 0.667. The van der Waals surface area contributed by atoms with E-state index in [4.69, 9.17) is 23.4 Å². The van der Waals surface area contributed by atoms with Crippen LogP contribution in [0.4, 0.5) is 9.93 Å². The summed E-state index contributed by atoms with van der Waals surface area (Å²) in [4.78, 5) is 17.3. The van der Waals surface area contributed by atoms with Crippen molar-refractivity contribution in [3.05, 3.63) is 0 Å². The molecule has 0 aliphatic carbocycles. The molecule has 0 radical (unpaired) electrons. The van der Waals surface area contributed by atoms with E-state index in [2.05, 4.69) is 48.7 Å². The number of thioether (sulfide) groups is 1. The van der Waals surface area contributed by atoms with Gasteiger partial charge in [0, 0.05) is 25.8 Å². The monoisotopic (exact) mass is 506 g/mol. The van der Waals surface area contributed by atoms with Gasteiger partial charge in [0.05, 0.1) is 0 Å². The van der Waals surface area contributed by atoms with E-state index >= 15 is 0 Å². The van der Waals surface area contributed by atoms with Crippen LogP contribution in [0.3, 0.4) is 0 Å². The summed E-state index contributed by atoms with van der Waals surface area (Å²) in [6.07, 6.45) is 11.6. The Morgan fingerprint density at radius 3 is 2.67 bits per heavy atom. The Hall–Kier alpha value is -1.81. The Morgan fingerprint density at radius 1 is 1.33 bits per heavy atom. The van der Waals surface area contributed by atoms with E-state index in [0.717, 1.165) is 48.6 Å². The molecule has 1 aromatic rings. The summed E-state index contributed by atoms with van der Waals surface area (Å²) < 4.78 is 6.96. The largest absolute Gasteiger partial charge is 0.463 e. The van der Waals surface area contributed by atoms with E-state index in [0.29, 0.717) is 29.6 Å². The first kappa shape index (κ1) is 27.4. The number of carbonyl (C=O) groups is 1. The Labute approximate surface area is 212 Å². The van der Waals surface area contributed by atoms with Gasteiger partial charge in [-0.3, -0.25) is 0 Å². The third kappa shape index (κ3) is 7.09. The second-order valence-corrected chi connectivity index (χ2v) is 10.7. The molecule has 1 atom stereocenters. The number of anilines is 1. The van der Waals surface area contributed by atoms with Crippen LogP contribution in [-0.4, -0.2) is 50.2 Å². The highest BCUT2D eigenvalue weighted by atomic mass is 32.2. The number of amides is 2. The van der Waals surface area contributed by atoms with Gasteiger partial charge < -0.3 is 9.64 Å². The van der Waals surface area contributed by atoms with E-state index in [1.165, 1.54) is 11.3 Å². The third-order valence-electron chi connectivity index (χ3n) is 5.43. The zero-order valence-corrected chi connectivity index (χ0v) is 22.5. The summed E-state index contributed by atoms with van der Waals surface area (Å²) in [6.45, 7) is 8.60. The second-order valence-electron chi connectivity index (χ2n) is 7.78. The molecule has 0 spiro atoms. The summed E-state index contributed by atoms with van der Waals surface area (Å²) in [6, 6.07) is -0.185. The summed E-state index contributed by atoms with van der Waals surface area (Å²) in [5, 5.41) is 9.58. The lowest BCUT2D eigenvalue weighted by Gasteiger charge is -2.47. The molecule has 1 aliphatic rings. The first-order valence-corrected chi connectivity index (χ1v) is 13.8. The summed E-state index contributed by atoms with van der Waals surface area (Å²) >= 11 is 8.49. The van der Waals surface area contributed by atoms with Gasteiger partial charge in [-0.15, -0.1) is 28.5 Å². The average Bonchev–Trinajstić information content (AvgIpc) is 3.25. The number of nitrogens with zero attached hydrogens (tertiary/aromatic N) is 4. The number of hydrogen-bond donors (Lipinski definition) is 0. The Bertz CT molecular complexity index is 894. The number of ether oxygens (including phenoxy) is 1. The topological polar surface area (TPSA) is 58.6 Å². The predicted molar refractivity (Wildman–Crippen MR) is 142 cm³/mol. The third-order valence-corrected chi connectivity index (χ3v) is 7.67. The maximum Gasteiger partial charge on any atom is 0.330 e. The lowest BCUT2D eigenvalue weighted by atomic mass is 9.87. The number of rotatable bonds is 12. The van der Waals surface area contributed by atoms with E-state index in [1.54, 1.807) is 16.7 Å². The standard InChI is InChI=1S/C24H34N4O2S3/c1-6-11-12-13-14-20(31)30-19-15-18-27(24(9-4,16-7-2)17-8-3)23(29)28(19)21-25-26-22(33-21)32-10-5/h4,19H,7-8,10,12-18H2,1-3,5H3. The lowest BCUT2D eigenvalue weighted by Crippen LogP contribution is -2.63. The minimum Gasteiger partial charge on any atom is -0.463 e. The summed E-state index contributed by atoms with van der Waals surface area (Å²) in [5.74, 6) is 9.79. The van der Waals surface area contributed by atoms with Crippen molar-refractivity contribution >= 4 is 51.5 Å². The fourth-order valence-corrected chi connectivity index (χ4v) is 6.04. The molecule has 2 amide bonds. The van der Waals surface area contributed by atoms with Crippen molar-refractivity contribution in [1.29, 1.82) is 0 Å². The van der Waals surface area contributed by atoms with Crippen LogP contribution in [0, 0.1) is 24.2 Å². The molecule has 9 heteroatoms. The van der Waals surface area contributed by atoms with Crippen molar-refractivity contribution in [3.63, 3.8) is 0 Å². The zero-order valence-electron chi connectivity index (χ0n) is 20.1. The molecule has 6 nitrogen and oxygen atoms in total. The maximum atomic E-state index is 13.9. The minimum absolute atomic E-state index is 0.185. The number of aromatic nitrogens is 2. The number of terminal acetylenes is 1. The smallest absolute Gasteiger partial charge is 0.330 e. The molecule has 1 aromatic heterocycles. The molecule has 2 heterocycles. The van der Waals surface area contributed by atoms with Gasteiger partial charge in [-0.1, -0.05) is 62.6 Å². The van der Waals surface area contributed by atoms with Crippen LogP contribution in [0.15, 0.2) is 4.34 Å². The molecular formula is C24H34N4O2S3. The summed E-state index contributed by atoms with van der Waals surface area (Å²) in [7, 11) is 0.